The summed E-state index contributed by atoms with van der Waals surface area (Å²) < 4.78 is 10.3. The average Bonchev–Trinajstić information content (AvgIpc) is 2.40. The summed E-state index contributed by atoms with van der Waals surface area (Å²) in [6.45, 7) is 3.19. The van der Waals surface area contributed by atoms with Crippen molar-refractivity contribution in [1.29, 1.82) is 0 Å². The van der Waals surface area contributed by atoms with Gasteiger partial charge in [-0.3, -0.25) is 0 Å². The predicted molar refractivity (Wildman–Crippen MR) is 35.5 cm³/mol. The fourth-order valence-electron chi connectivity index (χ4n) is 0.902. The van der Waals surface area contributed by atoms with Gasteiger partial charge in [0.25, 0.3) is 0 Å². The van der Waals surface area contributed by atoms with Gasteiger partial charge >= 0.3 is 0 Å². The Morgan fingerprint density at radius 1 is 1.60 bits per heavy atom. The van der Waals surface area contributed by atoms with E-state index in [0.29, 0.717) is 19.6 Å². The SMILES string of the molecule is CC(C=O)CC1OCCO1. The first-order chi connectivity index (χ1) is 4.83. The van der Waals surface area contributed by atoms with Crippen LogP contribution >= 0.6 is 0 Å². The van der Waals surface area contributed by atoms with Crippen LogP contribution in [-0.4, -0.2) is 25.8 Å². The quantitative estimate of drug-likeness (QED) is 0.544. The van der Waals surface area contributed by atoms with E-state index in [4.69, 9.17) is 9.47 Å². The smallest absolute Gasteiger partial charge is 0.158 e. The molecule has 0 amide bonds. The summed E-state index contributed by atoms with van der Waals surface area (Å²) in [6.07, 6.45) is 1.47. The van der Waals surface area contributed by atoms with E-state index in [1.807, 2.05) is 6.92 Å². The summed E-state index contributed by atoms with van der Waals surface area (Å²) in [6, 6.07) is 0. The molecule has 1 fully saturated rings. The Morgan fingerprint density at radius 2 is 2.20 bits per heavy atom. The Balaban J connectivity index is 2.17. The van der Waals surface area contributed by atoms with E-state index in [0.717, 1.165) is 6.29 Å². The maximum Gasteiger partial charge on any atom is 0.158 e. The Morgan fingerprint density at radius 3 is 2.70 bits per heavy atom. The van der Waals surface area contributed by atoms with Gasteiger partial charge in [0.1, 0.15) is 6.29 Å². The van der Waals surface area contributed by atoms with E-state index in [-0.39, 0.29) is 12.2 Å². The van der Waals surface area contributed by atoms with Gasteiger partial charge in [-0.2, -0.15) is 0 Å². The summed E-state index contributed by atoms with van der Waals surface area (Å²) in [4.78, 5) is 10.2. The highest BCUT2D eigenvalue weighted by atomic mass is 16.7. The highest BCUT2D eigenvalue weighted by Crippen LogP contribution is 2.12. The van der Waals surface area contributed by atoms with Gasteiger partial charge < -0.3 is 14.3 Å². The molecule has 0 N–H and O–H groups in total. The largest absolute Gasteiger partial charge is 0.350 e. The normalized spacial score (nSPS) is 22.9. The van der Waals surface area contributed by atoms with Crippen LogP contribution in [0.2, 0.25) is 0 Å². The van der Waals surface area contributed by atoms with Crippen molar-refractivity contribution in [3.63, 3.8) is 0 Å². The van der Waals surface area contributed by atoms with Crippen LogP contribution in [-0.2, 0) is 14.3 Å². The molecule has 3 nitrogen and oxygen atoms in total. The first kappa shape index (κ1) is 7.69. The minimum Gasteiger partial charge on any atom is -0.350 e. The number of carbonyl (C=O) groups excluding carboxylic acids is 1. The van der Waals surface area contributed by atoms with Gasteiger partial charge in [0.2, 0.25) is 0 Å². The van der Waals surface area contributed by atoms with Crippen LogP contribution in [0.3, 0.4) is 0 Å². The molecule has 1 heterocycles. The maximum atomic E-state index is 10.2. The number of hydrogen-bond donors (Lipinski definition) is 0. The molecule has 0 aliphatic carbocycles. The van der Waals surface area contributed by atoms with Crippen molar-refractivity contribution >= 4 is 6.29 Å². The number of aldehydes is 1. The van der Waals surface area contributed by atoms with Crippen LogP contribution in [0.5, 0.6) is 0 Å². The molecular formula is C7H12O3. The number of ether oxygens (including phenoxy) is 2. The lowest BCUT2D eigenvalue weighted by Gasteiger charge is -2.09. The van der Waals surface area contributed by atoms with Crippen molar-refractivity contribution in [3.05, 3.63) is 0 Å². The van der Waals surface area contributed by atoms with Gasteiger partial charge in [-0.25, -0.2) is 0 Å². The van der Waals surface area contributed by atoms with E-state index in [1.165, 1.54) is 0 Å². The molecule has 3 heteroatoms. The van der Waals surface area contributed by atoms with Crippen molar-refractivity contribution in [1.82, 2.24) is 0 Å². The topological polar surface area (TPSA) is 35.5 Å². The second kappa shape index (κ2) is 3.68. The minimum absolute atomic E-state index is 0.0445. The third-order valence-electron chi connectivity index (χ3n) is 1.49. The third kappa shape index (κ3) is 2.08. The molecule has 0 aromatic heterocycles. The molecule has 0 bridgehead atoms. The van der Waals surface area contributed by atoms with Gasteiger partial charge in [-0.15, -0.1) is 0 Å². The Hall–Kier alpha value is -0.410. The predicted octanol–water partition coefficient (Wildman–Crippen LogP) is 0.584. The van der Waals surface area contributed by atoms with E-state index >= 15 is 0 Å². The van der Waals surface area contributed by atoms with Crippen molar-refractivity contribution in [3.8, 4) is 0 Å². The van der Waals surface area contributed by atoms with Gasteiger partial charge in [0, 0.05) is 12.3 Å². The van der Waals surface area contributed by atoms with E-state index < -0.39 is 0 Å². The van der Waals surface area contributed by atoms with Gasteiger partial charge in [-0.1, -0.05) is 6.92 Å². The lowest BCUT2D eigenvalue weighted by atomic mass is 10.1. The lowest BCUT2D eigenvalue weighted by Crippen LogP contribution is -2.12. The molecule has 1 aliphatic heterocycles. The first-order valence-corrected chi connectivity index (χ1v) is 3.51. The lowest BCUT2D eigenvalue weighted by molar-refractivity contribution is -0.114. The minimum atomic E-state index is -0.139. The molecule has 0 aromatic carbocycles. The number of hydrogen-bond acceptors (Lipinski definition) is 3. The zero-order valence-electron chi connectivity index (χ0n) is 6.08. The molecule has 10 heavy (non-hydrogen) atoms. The summed E-state index contributed by atoms with van der Waals surface area (Å²) >= 11 is 0. The summed E-state index contributed by atoms with van der Waals surface area (Å²) in [7, 11) is 0. The average molecular weight is 144 g/mol. The maximum absolute atomic E-state index is 10.2. The van der Waals surface area contributed by atoms with Crippen molar-refractivity contribution in [2.45, 2.75) is 19.6 Å². The first-order valence-electron chi connectivity index (χ1n) is 3.51. The molecule has 1 saturated heterocycles. The van der Waals surface area contributed by atoms with Crippen molar-refractivity contribution in [2.75, 3.05) is 13.2 Å². The molecule has 0 saturated carbocycles. The molecule has 1 rings (SSSR count). The van der Waals surface area contributed by atoms with E-state index in [9.17, 15) is 4.79 Å². The van der Waals surface area contributed by atoms with Crippen LogP contribution in [0.1, 0.15) is 13.3 Å². The van der Waals surface area contributed by atoms with Crippen molar-refractivity contribution in [2.24, 2.45) is 5.92 Å². The molecule has 0 aromatic rings. The van der Waals surface area contributed by atoms with Crippen LogP contribution in [0, 0.1) is 5.92 Å². The molecular weight excluding hydrogens is 132 g/mol. The summed E-state index contributed by atoms with van der Waals surface area (Å²) in [5, 5.41) is 0. The fraction of sp³-hybridized carbons (Fsp3) is 0.857. The molecule has 0 spiro atoms. The highest BCUT2D eigenvalue weighted by Gasteiger charge is 2.18. The molecule has 58 valence electrons. The standard InChI is InChI=1S/C7H12O3/c1-6(5-8)4-7-9-2-3-10-7/h5-7H,2-4H2,1H3. The van der Waals surface area contributed by atoms with Crippen LogP contribution in [0.25, 0.3) is 0 Å². The molecule has 1 aliphatic rings. The molecule has 0 radical (unpaired) electrons. The number of carbonyl (C=O) groups is 1. The van der Waals surface area contributed by atoms with Gasteiger partial charge in [0.15, 0.2) is 6.29 Å². The van der Waals surface area contributed by atoms with E-state index in [2.05, 4.69) is 0 Å². The zero-order chi connectivity index (χ0) is 7.40. The number of rotatable bonds is 3. The van der Waals surface area contributed by atoms with Crippen molar-refractivity contribution < 1.29 is 14.3 Å². The zero-order valence-corrected chi connectivity index (χ0v) is 6.08. The van der Waals surface area contributed by atoms with Crippen LogP contribution in [0.15, 0.2) is 0 Å². The highest BCUT2D eigenvalue weighted by molar-refractivity contribution is 5.52. The van der Waals surface area contributed by atoms with Gasteiger partial charge in [-0.05, 0) is 0 Å². The Kier molecular flexibility index (Phi) is 2.83. The Bertz CT molecular complexity index is 107. The summed E-state index contributed by atoms with van der Waals surface area (Å²) in [5.41, 5.74) is 0. The van der Waals surface area contributed by atoms with E-state index in [1.54, 1.807) is 0 Å². The van der Waals surface area contributed by atoms with Crippen LogP contribution in [0.4, 0.5) is 0 Å². The van der Waals surface area contributed by atoms with Gasteiger partial charge in [0.05, 0.1) is 13.2 Å². The second-order valence-corrected chi connectivity index (χ2v) is 2.52. The fourth-order valence-corrected chi connectivity index (χ4v) is 0.902. The molecule has 1 unspecified atom stereocenters. The summed E-state index contributed by atoms with van der Waals surface area (Å²) in [5.74, 6) is 0.0445. The monoisotopic (exact) mass is 144 g/mol. The second-order valence-electron chi connectivity index (χ2n) is 2.52. The Labute approximate surface area is 60.3 Å². The third-order valence-corrected chi connectivity index (χ3v) is 1.49. The van der Waals surface area contributed by atoms with Crippen LogP contribution < -0.4 is 0 Å². The molecule has 1 atom stereocenters.